The van der Waals surface area contributed by atoms with Crippen molar-refractivity contribution in [2.45, 2.75) is 57.8 Å². The van der Waals surface area contributed by atoms with Gasteiger partial charge in [-0.3, -0.25) is 4.79 Å². The van der Waals surface area contributed by atoms with Crippen molar-refractivity contribution in [1.29, 1.82) is 0 Å². The maximum Gasteiger partial charge on any atom is 0.419 e. The summed E-state index contributed by atoms with van der Waals surface area (Å²) >= 11 is 0. The molecular weight excluding hydrogens is 569 g/mol. The van der Waals surface area contributed by atoms with Gasteiger partial charge in [0.25, 0.3) is 5.91 Å². The van der Waals surface area contributed by atoms with Gasteiger partial charge in [0.2, 0.25) is 15.9 Å². The Balaban J connectivity index is 2.08. The summed E-state index contributed by atoms with van der Waals surface area (Å²) in [7, 11) is -3.24. The minimum absolute atomic E-state index is 0.00759. The zero-order chi connectivity index (χ0) is 30.9. The number of nitrogens with zero attached hydrogens (tertiary/aromatic N) is 2. The maximum absolute atomic E-state index is 13.4. The van der Waals surface area contributed by atoms with E-state index in [1.54, 1.807) is 27.7 Å². The largest absolute Gasteiger partial charge is 0.496 e. The van der Waals surface area contributed by atoms with Crippen molar-refractivity contribution in [1.82, 2.24) is 14.5 Å². The van der Waals surface area contributed by atoms with E-state index in [0.29, 0.717) is 6.07 Å². The predicted octanol–water partition coefficient (Wildman–Crippen LogP) is 5.06. The normalized spacial score (nSPS) is 12.2. The van der Waals surface area contributed by atoms with Gasteiger partial charge in [0.1, 0.15) is 16.4 Å². The highest BCUT2D eigenvalue weighted by Gasteiger charge is 2.35. The van der Waals surface area contributed by atoms with E-state index in [2.05, 4.69) is 15.1 Å². The molecule has 0 aliphatic rings. The molecule has 3 N–H and O–H groups in total. The lowest BCUT2D eigenvalue weighted by Gasteiger charge is -2.22. The second-order valence-corrected chi connectivity index (χ2v) is 11.5. The van der Waals surface area contributed by atoms with Gasteiger partial charge < -0.3 is 19.9 Å². The van der Waals surface area contributed by atoms with E-state index in [1.165, 1.54) is 23.7 Å². The van der Waals surface area contributed by atoms with Crippen LogP contribution in [0, 0.1) is 6.92 Å². The highest BCUT2D eigenvalue weighted by molar-refractivity contribution is 7.89. The lowest BCUT2D eigenvalue weighted by atomic mass is 10.1. The van der Waals surface area contributed by atoms with E-state index >= 15 is 0 Å². The predicted molar refractivity (Wildman–Crippen MR) is 142 cm³/mol. The summed E-state index contributed by atoms with van der Waals surface area (Å²) in [6.07, 6.45) is -4.79. The van der Waals surface area contributed by atoms with E-state index in [0.717, 1.165) is 25.3 Å². The minimum atomic E-state index is -4.79. The molecule has 15 heteroatoms. The number of hydrogen-bond donors (Lipinski definition) is 3. The number of ether oxygens (including phenoxy) is 2. The average molecular weight is 599 g/mol. The number of rotatable bonds is 9. The first-order valence-corrected chi connectivity index (χ1v) is 13.6. The first kappa shape index (κ1) is 31.4. The van der Waals surface area contributed by atoms with Crippen LogP contribution in [0.25, 0.3) is 0 Å². The van der Waals surface area contributed by atoms with Crippen molar-refractivity contribution < 1.29 is 45.8 Å². The molecule has 3 aromatic rings. The van der Waals surface area contributed by atoms with Gasteiger partial charge in [0, 0.05) is 28.9 Å². The number of anilines is 1. The monoisotopic (exact) mass is 598 g/mol. The number of carbonyl (C=O) groups is 2. The number of carboxylic acids is 1. The maximum atomic E-state index is 13.4. The van der Waals surface area contributed by atoms with Gasteiger partial charge >= 0.3 is 12.1 Å². The molecule has 2 aromatic carbocycles. The molecule has 0 aliphatic heterocycles. The highest BCUT2D eigenvalue weighted by Crippen LogP contribution is 2.37. The van der Waals surface area contributed by atoms with Gasteiger partial charge in [0.05, 0.1) is 12.7 Å². The number of methoxy groups -OCH3 is 1. The van der Waals surface area contributed by atoms with Crippen LogP contribution in [0.3, 0.4) is 0 Å². The zero-order valence-electron chi connectivity index (χ0n) is 23.0. The van der Waals surface area contributed by atoms with Gasteiger partial charge in [-0.05, 0) is 71.0 Å². The number of benzene rings is 2. The number of carbonyl (C=O) groups excluding carboxylic acids is 1. The molecule has 1 heterocycles. The van der Waals surface area contributed by atoms with E-state index in [4.69, 9.17) is 9.47 Å². The summed E-state index contributed by atoms with van der Waals surface area (Å²) in [4.78, 5) is 24.0. The number of hydrogen-bond acceptors (Lipinski definition) is 7. The SMILES string of the molecule is CCn1nc(C(=O)O)c(C)c1Oc1ccc(NC(=O)c2ccc(OC)c(C(F)(F)F)c2)cc1S(=O)(=O)NC(C)(C)C. The van der Waals surface area contributed by atoms with E-state index in [9.17, 15) is 36.3 Å². The Hall–Kier alpha value is -4.11. The number of amides is 1. The second kappa shape index (κ2) is 11.4. The van der Waals surface area contributed by atoms with Crippen molar-refractivity contribution in [3.63, 3.8) is 0 Å². The molecule has 0 fully saturated rings. The van der Waals surface area contributed by atoms with E-state index < -0.39 is 49.8 Å². The summed E-state index contributed by atoms with van der Waals surface area (Å²) in [6.45, 7) is 8.17. The topological polar surface area (TPSA) is 149 Å². The van der Waals surface area contributed by atoms with Crippen molar-refractivity contribution in [3.8, 4) is 17.4 Å². The van der Waals surface area contributed by atoms with Crippen LogP contribution in [0.5, 0.6) is 17.4 Å². The van der Waals surface area contributed by atoms with Crippen molar-refractivity contribution in [2.75, 3.05) is 12.4 Å². The highest BCUT2D eigenvalue weighted by atomic mass is 32.2. The number of halogens is 3. The van der Waals surface area contributed by atoms with Crippen LogP contribution in [-0.4, -0.2) is 47.8 Å². The number of carboxylic acid groups (broad SMARTS) is 1. The van der Waals surface area contributed by atoms with Crippen LogP contribution < -0.4 is 19.5 Å². The fourth-order valence-corrected chi connectivity index (χ4v) is 5.37. The van der Waals surface area contributed by atoms with Crippen LogP contribution in [-0.2, 0) is 22.7 Å². The smallest absolute Gasteiger partial charge is 0.419 e. The second-order valence-electron chi connectivity index (χ2n) is 9.89. The molecule has 0 spiro atoms. The summed E-state index contributed by atoms with van der Waals surface area (Å²) < 4.78 is 81.4. The molecular formula is C26H29F3N4O7S. The molecule has 11 nitrogen and oxygen atoms in total. The Labute approximate surface area is 234 Å². The van der Waals surface area contributed by atoms with Crippen LogP contribution >= 0.6 is 0 Å². The molecule has 0 unspecified atom stereocenters. The average Bonchev–Trinajstić information content (AvgIpc) is 3.17. The first-order valence-electron chi connectivity index (χ1n) is 12.1. The Morgan fingerprint density at radius 1 is 1.07 bits per heavy atom. The molecule has 222 valence electrons. The van der Waals surface area contributed by atoms with Gasteiger partial charge in [-0.15, -0.1) is 0 Å². The molecule has 0 saturated carbocycles. The zero-order valence-corrected chi connectivity index (χ0v) is 23.8. The van der Waals surface area contributed by atoms with Crippen LogP contribution in [0.1, 0.15) is 59.7 Å². The molecule has 0 aliphatic carbocycles. The Morgan fingerprint density at radius 2 is 1.71 bits per heavy atom. The molecule has 0 bridgehead atoms. The van der Waals surface area contributed by atoms with Crippen molar-refractivity contribution >= 4 is 27.6 Å². The Morgan fingerprint density at radius 3 is 2.24 bits per heavy atom. The first-order chi connectivity index (χ1) is 18.9. The standard InChI is InChI=1S/C26H29F3N4O7S/c1-7-33-23(14(2)21(31-33)24(35)36)40-19-11-9-16(13-20(19)41(37,38)32-25(3,4)5)30-22(34)15-8-10-18(39-6)17(12-15)26(27,28)29/h8-13,32H,7H2,1-6H3,(H,30,34)(H,35,36). The lowest BCUT2D eigenvalue weighted by molar-refractivity contribution is -0.138. The van der Waals surface area contributed by atoms with Crippen molar-refractivity contribution in [2.24, 2.45) is 0 Å². The fraction of sp³-hybridized carbons (Fsp3) is 0.346. The molecule has 0 atom stereocenters. The number of nitrogens with one attached hydrogen (secondary N) is 2. The quantitative estimate of drug-likeness (QED) is 0.310. The van der Waals surface area contributed by atoms with Gasteiger partial charge in [-0.25, -0.2) is 22.6 Å². The van der Waals surface area contributed by atoms with E-state index in [-0.39, 0.29) is 40.7 Å². The third-order valence-electron chi connectivity index (χ3n) is 5.54. The lowest BCUT2D eigenvalue weighted by Crippen LogP contribution is -2.40. The number of alkyl halides is 3. The summed E-state index contributed by atoms with van der Waals surface area (Å²) in [5, 5.41) is 15.8. The summed E-state index contributed by atoms with van der Waals surface area (Å²) in [5.74, 6) is -2.92. The molecule has 41 heavy (non-hydrogen) atoms. The summed E-state index contributed by atoms with van der Waals surface area (Å²) in [5.41, 5.74) is -2.61. The molecule has 0 radical (unpaired) electrons. The number of aromatic carboxylic acids is 1. The third kappa shape index (κ3) is 7.16. The number of sulfonamides is 1. The number of aryl methyl sites for hydroxylation is 1. The molecule has 0 saturated heterocycles. The third-order valence-corrected chi connectivity index (χ3v) is 7.32. The molecule has 3 rings (SSSR count). The molecule has 1 amide bonds. The summed E-state index contributed by atoms with van der Waals surface area (Å²) in [6, 6.07) is 6.36. The Kier molecular flexibility index (Phi) is 8.74. The number of aromatic nitrogens is 2. The van der Waals surface area contributed by atoms with Gasteiger partial charge in [-0.1, -0.05) is 0 Å². The van der Waals surface area contributed by atoms with Gasteiger partial charge in [0.15, 0.2) is 5.69 Å². The van der Waals surface area contributed by atoms with Crippen molar-refractivity contribution in [3.05, 3.63) is 58.8 Å². The minimum Gasteiger partial charge on any atom is -0.496 e. The molecule has 1 aromatic heterocycles. The van der Waals surface area contributed by atoms with Crippen LogP contribution in [0.2, 0.25) is 0 Å². The van der Waals surface area contributed by atoms with Gasteiger partial charge in [-0.2, -0.15) is 18.3 Å². The van der Waals surface area contributed by atoms with Crippen LogP contribution in [0.15, 0.2) is 41.3 Å². The fourth-order valence-electron chi connectivity index (χ4n) is 3.80. The van der Waals surface area contributed by atoms with E-state index in [1.807, 2.05) is 0 Å². The van der Waals surface area contributed by atoms with Crippen LogP contribution in [0.4, 0.5) is 18.9 Å². The Bertz CT molecular complexity index is 1590.